The zero-order chi connectivity index (χ0) is 26.7. The molecule has 0 spiro atoms. The Morgan fingerprint density at radius 1 is 0.657 bits per heavy atom. The van der Waals surface area contributed by atoms with Gasteiger partial charge in [-0.05, 0) is 51.4 Å². The van der Waals surface area contributed by atoms with Gasteiger partial charge in [0.2, 0.25) is 0 Å². The largest absolute Gasteiger partial charge is 0.544 e. The van der Waals surface area contributed by atoms with Gasteiger partial charge in [-0.2, -0.15) is 0 Å². The number of aliphatic carboxylic acids is 3. The van der Waals surface area contributed by atoms with Gasteiger partial charge in [-0.1, -0.05) is 65.5 Å². The SMILES string of the molecule is CCCCC/C=C/CCCCCC[N+](C(CCC)C(=O)[O-])(C(CCC)C(=O)O)C(CCC)C(=O)O. The van der Waals surface area contributed by atoms with Gasteiger partial charge in [-0.25, -0.2) is 9.59 Å². The van der Waals surface area contributed by atoms with Crippen LogP contribution in [0.1, 0.15) is 124 Å². The minimum Gasteiger partial charge on any atom is -0.544 e. The number of hydrogen-bond acceptors (Lipinski definition) is 4. The number of unbranched alkanes of at least 4 members (excludes halogenated alkanes) is 7. The van der Waals surface area contributed by atoms with E-state index in [1.807, 2.05) is 20.8 Å². The molecule has 0 heterocycles. The van der Waals surface area contributed by atoms with Gasteiger partial charge < -0.3 is 20.1 Å². The molecule has 0 radical (unpaired) electrons. The lowest BCUT2D eigenvalue weighted by atomic mass is 9.91. The van der Waals surface area contributed by atoms with Crippen LogP contribution in [-0.2, 0) is 14.4 Å². The Hall–Kier alpha value is -1.89. The second-order valence-corrected chi connectivity index (χ2v) is 9.80. The highest BCUT2D eigenvalue weighted by molar-refractivity contribution is 5.77. The first kappa shape index (κ1) is 33.1. The Kier molecular flexibility index (Phi) is 18.3. The van der Waals surface area contributed by atoms with Crippen LogP contribution in [0, 0.1) is 0 Å². The second kappa shape index (κ2) is 19.3. The summed E-state index contributed by atoms with van der Waals surface area (Å²) in [5.74, 6) is -3.58. The Morgan fingerprint density at radius 2 is 1.09 bits per heavy atom. The molecule has 3 atom stereocenters. The molecule has 7 nitrogen and oxygen atoms in total. The molecular weight excluding hydrogens is 446 g/mol. The van der Waals surface area contributed by atoms with Gasteiger partial charge in [-0.15, -0.1) is 0 Å². The summed E-state index contributed by atoms with van der Waals surface area (Å²) in [6.45, 7) is 7.95. The number of carbonyl (C=O) groups excluding carboxylic acids is 1. The van der Waals surface area contributed by atoms with Crippen molar-refractivity contribution in [1.29, 1.82) is 0 Å². The molecule has 0 aliphatic heterocycles. The van der Waals surface area contributed by atoms with Crippen LogP contribution in [0.2, 0.25) is 0 Å². The zero-order valence-electron chi connectivity index (χ0n) is 22.7. The van der Waals surface area contributed by atoms with E-state index < -0.39 is 40.5 Å². The Bertz CT molecular complexity index is 573. The standard InChI is InChI=1S/C28H51NO6/c1-5-9-10-11-12-13-14-15-16-17-18-22-29(23(19-6-2)26(30)31,24(20-7-3)27(32)33)25(21-8-4)28(34)35/h12-13,23-25H,5-11,14-22H2,1-4H3,(H2-,30,31,32,33,34,35)/b13-12+. The third-order valence-corrected chi connectivity index (χ3v) is 7.08. The predicted octanol–water partition coefficient (Wildman–Crippen LogP) is 5.32. The number of carbonyl (C=O) groups is 3. The number of carboxylic acids is 3. The van der Waals surface area contributed by atoms with Gasteiger partial charge in [-0.3, -0.25) is 4.48 Å². The molecule has 3 unspecified atom stereocenters. The summed E-state index contributed by atoms with van der Waals surface area (Å²) >= 11 is 0. The van der Waals surface area contributed by atoms with E-state index in [4.69, 9.17) is 0 Å². The predicted molar refractivity (Wildman–Crippen MR) is 138 cm³/mol. The third-order valence-electron chi connectivity index (χ3n) is 7.08. The maximum atomic E-state index is 12.5. The van der Waals surface area contributed by atoms with Crippen LogP contribution < -0.4 is 5.11 Å². The number of nitrogens with zero attached hydrogens (tertiary/aromatic N) is 1. The molecule has 2 N–H and O–H groups in total. The molecule has 0 saturated heterocycles. The van der Waals surface area contributed by atoms with Gasteiger partial charge >= 0.3 is 11.9 Å². The monoisotopic (exact) mass is 497 g/mol. The fraction of sp³-hybridized carbons (Fsp3) is 0.821. The van der Waals surface area contributed by atoms with Gasteiger partial charge in [0.1, 0.15) is 6.04 Å². The van der Waals surface area contributed by atoms with Crippen molar-refractivity contribution in [1.82, 2.24) is 0 Å². The van der Waals surface area contributed by atoms with Crippen LogP contribution in [0.3, 0.4) is 0 Å². The van der Waals surface area contributed by atoms with E-state index in [1.54, 1.807) is 0 Å². The van der Waals surface area contributed by atoms with Gasteiger partial charge in [0.05, 0.1) is 12.5 Å². The molecule has 0 aromatic carbocycles. The highest BCUT2D eigenvalue weighted by atomic mass is 16.4. The molecule has 0 amide bonds. The Balaban J connectivity index is 5.76. The smallest absolute Gasteiger partial charge is 0.362 e. The lowest BCUT2D eigenvalue weighted by Crippen LogP contribution is -2.74. The maximum Gasteiger partial charge on any atom is 0.362 e. The topological polar surface area (TPSA) is 115 Å². The van der Waals surface area contributed by atoms with Gasteiger partial charge in [0, 0.05) is 19.3 Å². The first-order chi connectivity index (χ1) is 16.7. The summed E-state index contributed by atoms with van der Waals surface area (Å²) in [4.78, 5) is 37.3. The summed E-state index contributed by atoms with van der Waals surface area (Å²) in [6.07, 6.45) is 15.8. The number of quaternary nitrogens is 1. The van der Waals surface area contributed by atoms with Crippen LogP contribution >= 0.6 is 0 Å². The summed E-state index contributed by atoms with van der Waals surface area (Å²) in [5, 5.41) is 32.8. The molecular formula is C28H51NO6. The molecule has 7 heteroatoms. The van der Waals surface area contributed by atoms with E-state index >= 15 is 0 Å². The summed E-state index contributed by atoms with van der Waals surface area (Å²) in [6, 6.07) is -3.34. The fourth-order valence-electron chi connectivity index (χ4n) is 5.38. The highest BCUT2D eigenvalue weighted by Crippen LogP contribution is 2.34. The van der Waals surface area contributed by atoms with Crippen LogP contribution in [0.15, 0.2) is 12.2 Å². The molecule has 0 aromatic rings. The lowest BCUT2D eigenvalue weighted by molar-refractivity contribution is -0.975. The minimum atomic E-state index is -1.34. The van der Waals surface area contributed by atoms with Crippen LogP contribution in [0.4, 0.5) is 0 Å². The van der Waals surface area contributed by atoms with Crippen LogP contribution in [-0.4, -0.2) is 57.3 Å². The minimum absolute atomic E-state index is 0.201. The van der Waals surface area contributed by atoms with Crippen molar-refractivity contribution in [2.75, 3.05) is 6.54 Å². The van der Waals surface area contributed by atoms with Crippen molar-refractivity contribution < 1.29 is 34.2 Å². The second-order valence-electron chi connectivity index (χ2n) is 9.80. The molecule has 0 aliphatic rings. The lowest BCUT2D eigenvalue weighted by Gasteiger charge is -2.52. The molecule has 0 fully saturated rings. The van der Waals surface area contributed by atoms with Crippen LogP contribution in [0.25, 0.3) is 0 Å². The van der Waals surface area contributed by atoms with E-state index in [1.165, 1.54) is 19.3 Å². The van der Waals surface area contributed by atoms with Crippen molar-refractivity contribution in [2.24, 2.45) is 0 Å². The summed E-state index contributed by atoms with van der Waals surface area (Å²) in [7, 11) is 0. The van der Waals surface area contributed by atoms with E-state index in [2.05, 4.69) is 19.1 Å². The molecule has 0 saturated carbocycles. The van der Waals surface area contributed by atoms with E-state index in [0.29, 0.717) is 25.7 Å². The first-order valence-electron chi connectivity index (χ1n) is 13.9. The fourth-order valence-corrected chi connectivity index (χ4v) is 5.38. The summed E-state index contributed by atoms with van der Waals surface area (Å²) in [5.41, 5.74) is 0. The van der Waals surface area contributed by atoms with Gasteiger partial charge in [0.15, 0.2) is 12.1 Å². The number of carboxylic acid groups (broad SMARTS) is 3. The molecule has 0 aliphatic carbocycles. The Morgan fingerprint density at radius 3 is 1.49 bits per heavy atom. The first-order valence-corrected chi connectivity index (χ1v) is 13.9. The van der Waals surface area contributed by atoms with E-state index in [-0.39, 0.29) is 25.8 Å². The molecule has 204 valence electrons. The van der Waals surface area contributed by atoms with Crippen molar-refractivity contribution in [3.8, 4) is 0 Å². The molecule has 0 aromatic heterocycles. The zero-order valence-corrected chi connectivity index (χ0v) is 22.7. The van der Waals surface area contributed by atoms with E-state index in [9.17, 15) is 29.7 Å². The van der Waals surface area contributed by atoms with Crippen LogP contribution in [0.5, 0.6) is 0 Å². The molecule has 35 heavy (non-hydrogen) atoms. The average Bonchev–Trinajstić information content (AvgIpc) is 2.81. The van der Waals surface area contributed by atoms with Gasteiger partial charge in [0.25, 0.3) is 0 Å². The molecule has 0 rings (SSSR count). The van der Waals surface area contributed by atoms with Crippen molar-refractivity contribution in [2.45, 2.75) is 142 Å². The summed E-state index contributed by atoms with van der Waals surface area (Å²) < 4.78 is -0.445. The Labute approximate surface area is 213 Å². The van der Waals surface area contributed by atoms with Crippen molar-refractivity contribution >= 4 is 17.9 Å². The maximum absolute atomic E-state index is 12.5. The quantitative estimate of drug-likeness (QED) is 0.112. The number of rotatable bonds is 23. The number of allylic oxidation sites excluding steroid dienone is 2. The van der Waals surface area contributed by atoms with Crippen molar-refractivity contribution in [3.63, 3.8) is 0 Å². The highest BCUT2D eigenvalue weighted by Gasteiger charge is 2.54. The number of hydrogen-bond donors (Lipinski definition) is 2. The third kappa shape index (κ3) is 11.1. The molecule has 0 bridgehead atoms. The van der Waals surface area contributed by atoms with Crippen molar-refractivity contribution in [3.05, 3.63) is 12.2 Å². The average molecular weight is 498 g/mol. The normalized spacial score (nSPS) is 16.0. The van der Waals surface area contributed by atoms with E-state index in [0.717, 1.165) is 32.1 Å².